The maximum atomic E-state index is 12.9. The standard InChI is InChI=1S/C31H55ClN6O4/c1-5-41-29-15-26-24(14-27(29)37-30(39)7-6-12-38(2)3)31(20(16-33)17-35-26)36-21-9-11-28(25(32)13-21)42-19-22-8-10-23(40-4)18-34-22/h20-29,31,34-36H,5-15,17-19H2,1-4H3,(H,37,39). The molecule has 2 saturated heterocycles. The molecule has 11 unspecified atom stereocenters. The van der Waals surface area contributed by atoms with E-state index < -0.39 is 0 Å². The molecule has 4 rings (SSSR count). The first-order valence-electron chi connectivity index (χ1n) is 16.3. The Morgan fingerprint density at radius 2 is 1.90 bits per heavy atom. The Kier molecular flexibility index (Phi) is 13.6. The van der Waals surface area contributed by atoms with Crippen LogP contribution in [-0.4, -0.2) is 119 Å². The van der Waals surface area contributed by atoms with E-state index in [9.17, 15) is 10.1 Å². The third-order valence-electron chi connectivity index (χ3n) is 9.83. The van der Waals surface area contributed by atoms with E-state index in [0.717, 1.165) is 64.5 Å². The number of hydrogen-bond donors (Lipinski definition) is 4. The van der Waals surface area contributed by atoms with Gasteiger partial charge in [0.05, 0.1) is 48.3 Å². The number of alkyl halides is 1. The van der Waals surface area contributed by atoms with E-state index in [0.29, 0.717) is 38.3 Å². The molecule has 0 aromatic carbocycles. The van der Waals surface area contributed by atoms with Gasteiger partial charge in [-0.3, -0.25) is 4.79 Å². The number of ether oxygens (including phenoxy) is 3. The Morgan fingerprint density at radius 3 is 2.57 bits per heavy atom. The molecule has 2 saturated carbocycles. The lowest BCUT2D eigenvalue weighted by Crippen LogP contribution is -2.66. The first-order chi connectivity index (χ1) is 20.3. The van der Waals surface area contributed by atoms with Crippen molar-refractivity contribution >= 4 is 17.5 Å². The highest BCUT2D eigenvalue weighted by Gasteiger charge is 2.47. The average Bonchev–Trinajstić information content (AvgIpc) is 2.97. The van der Waals surface area contributed by atoms with Gasteiger partial charge in [-0.25, -0.2) is 0 Å². The first-order valence-corrected chi connectivity index (χ1v) is 16.7. The fraction of sp³-hybridized carbons (Fsp3) is 0.935. The zero-order valence-electron chi connectivity index (χ0n) is 26.2. The zero-order chi connectivity index (χ0) is 30.1. The second kappa shape index (κ2) is 16.9. The van der Waals surface area contributed by atoms with E-state index in [4.69, 9.17) is 25.8 Å². The third kappa shape index (κ3) is 9.48. The van der Waals surface area contributed by atoms with E-state index >= 15 is 0 Å². The van der Waals surface area contributed by atoms with Gasteiger partial charge in [0.15, 0.2) is 0 Å². The lowest BCUT2D eigenvalue weighted by molar-refractivity contribution is -0.124. The van der Waals surface area contributed by atoms with Gasteiger partial charge in [-0.15, -0.1) is 11.6 Å². The molecule has 4 aliphatic rings. The minimum absolute atomic E-state index is 0.0281. The normalized spacial score (nSPS) is 38.9. The molecule has 0 radical (unpaired) electrons. The number of methoxy groups -OCH3 is 1. The second-order valence-electron chi connectivity index (χ2n) is 13.1. The summed E-state index contributed by atoms with van der Waals surface area (Å²) in [7, 11) is 5.82. The Labute approximate surface area is 258 Å². The molecule has 0 spiro atoms. The molecule has 11 atom stereocenters. The molecule has 240 valence electrons. The van der Waals surface area contributed by atoms with Gasteiger partial charge >= 0.3 is 0 Å². The summed E-state index contributed by atoms with van der Waals surface area (Å²) >= 11 is 6.91. The smallest absolute Gasteiger partial charge is 0.220 e. The molecule has 0 aromatic rings. The third-order valence-corrected chi connectivity index (χ3v) is 10.3. The summed E-state index contributed by atoms with van der Waals surface area (Å²) < 4.78 is 17.9. The van der Waals surface area contributed by atoms with Gasteiger partial charge in [0.25, 0.3) is 0 Å². The van der Waals surface area contributed by atoms with Gasteiger partial charge in [0.2, 0.25) is 5.91 Å². The van der Waals surface area contributed by atoms with Gasteiger partial charge in [0.1, 0.15) is 0 Å². The number of fused-ring (bicyclic) bond motifs is 1. The van der Waals surface area contributed by atoms with Gasteiger partial charge < -0.3 is 40.4 Å². The minimum atomic E-state index is -0.137. The molecule has 10 nitrogen and oxygen atoms in total. The predicted octanol–water partition coefficient (Wildman–Crippen LogP) is 2.01. The molecule has 0 aromatic heterocycles. The monoisotopic (exact) mass is 610 g/mol. The van der Waals surface area contributed by atoms with E-state index in [1.807, 2.05) is 21.0 Å². The van der Waals surface area contributed by atoms with Crippen molar-refractivity contribution in [2.45, 2.75) is 119 Å². The summed E-state index contributed by atoms with van der Waals surface area (Å²) in [6, 6.07) is 3.40. The average molecular weight is 611 g/mol. The second-order valence-corrected chi connectivity index (χ2v) is 13.7. The first kappa shape index (κ1) is 33.9. The summed E-state index contributed by atoms with van der Waals surface area (Å²) in [5.41, 5.74) is 0. The molecule has 4 fully saturated rings. The van der Waals surface area contributed by atoms with Crippen molar-refractivity contribution in [2.24, 2.45) is 11.8 Å². The van der Waals surface area contributed by atoms with Crippen LogP contribution >= 0.6 is 11.6 Å². The van der Waals surface area contributed by atoms with Crippen molar-refractivity contribution in [3.05, 3.63) is 0 Å². The minimum Gasteiger partial charge on any atom is -0.380 e. The number of carbonyl (C=O) groups is 1. The predicted molar refractivity (Wildman–Crippen MR) is 165 cm³/mol. The van der Waals surface area contributed by atoms with Gasteiger partial charge in [0, 0.05) is 57.4 Å². The van der Waals surface area contributed by atoms with Crippen molar-refractivity contribution in [3.8, 4) is 6.07 Å². The molecule has 4 N–H and O–H groups in total. The number of nitrogens with zero attached hydrogens (tertiary/aromatic N) is 2. The lowest BCUT2D eigenvalue weighted by Gasteiger charge is -2.50. The van der Waals surface area contributed by atoms with Crippen LogP contribution < -0.4 is 21.3 Å². The maximum absolute atomic E-state index is 12.9. The van der Waals surface area contributed by atoms with Crippen molar-refractivity contribution in [2.75, 3.05) is 54.1 Å². The molecule has 11 heteroatoms. The van der Waals surface area contributed by atoms with Crippen LogP contribution in [0.15, 0.2) is 0 Å². The Hall–Kier alpha value is -1.03. The number of halogens is 1. The number of hydrogen-bond acceptors (Lipinski definition) is 9. The number of nitriles is 1. The number of rotatable bonds is 13. The van der Waals surface area contributed by atoms with Crippen LogP contribution in [0.25, 0.3) is 0 Å². The Bertz CT molecular complexity index is 869. The lowest BCUT2D eigenvalue weighted by atomic mass is 9.69. The maximum Gasteiger partial charge on any atom is 0.220 e. The fourth-order valence-corrected chi connectivity index (χ4v) is 7.87. The van der Waals surface area contributed by atoms with E-state index in [-0.39, 0.29) is 59.5 Å². The highest BCUT2D eigenvalue weighted by Crippen LogP contribution is 2.36. The molecule has 2 aliphatic heterocycles. The highest BCUT2D eigenvalue weighted by molar-refractivity contribution is 6.21. The summed E-state index contributed by atoms with van der Waals surface area (Å²) in [5, 5.41) is 24.4. The topological polar surface area (TPSA) is 120 Å². The Morgan fingerprint density at radius 1 is 1.07 bits per heavy atom. The molecular weight excluding hydrogens is 556 g/mol. The largest absolute Gasteiger partial charge is 0.380 e. The Balaban J connectivity index is 1.32. The summed E-state index contributed by atoms with van der Waals surface area (Å²) in [5.74, 6) is 0.172. The molecule has 42 heavy (non-hydrogen) atoms. The molecule has 0 bridgehead atoms. The van der Waals surface area contributed by atoms with Crippen LogP contribution in [0.4, 0.5) is 0 Å². The van der Waals surface area contributed by atoms with Crippen molar-refractivity contribution in [1.82, 2.24) is 26.2 Å². The SMILES string of the molecule is CCOC1CC2NCC(C#N)C(NC3CCC(OCC4CCC(OC)CN4)C(Cl)C3)C2CC1NC(=O)CCCN(C)C. The molecule has 2 aliphatic carbocycles. The number of carbonyl (C=O) groups excluding carboxylic acids is 1. The van der Waals surface area contributed by atoms with E-state index in [1.54, 1.807) is 7.11 Å². The van der Waals surface area contributed by atoms with E-state index in [2.05, 4.69) is 32.2 Å². The summed E-state index contributed by atoms with van der Waals surface area (Å²) in [6.45, 7) is 5.73. The number of amides is 1. The van der Waals surface area contributed by atoms with Gasteiger partial charge in [-0.1, -0.05) is 0 Å². The summed E-state index contributed by atoms with van der Waals surface area (Å²) in [6.07, 6.45) is 8.10. The highest BCUT2D eigenvalue weighted by atomic mass is 35.5. The zero-order valence-corrected chi connectivity index (χ0v) is 26.9. The van der Waals surface area contributed by atoms with Crippen LogP contribution in [0, 0.1) is 23.2 Å². The van der Waals surface area contributed by atoms with Crippen LogP contribution in [0.2, 0.25) is 0 Å². The van der Waals surface area contributed by atoms with Crippen LogP contribution in [0.1, 0.15) is 64.7 Å². The summed E-state index contributed by atoms with van der Waals surface area (Å²) in [4.78, 5) is 15.0. The van der Waals surface area contributed by atoms with E-state index in [1.165, 1.54) is 0 Å². The fourth-order valence-electron chi connectivity index (χ4n) is 7.46. The van der Waals surface area contributed by atoms with Crippen molar-refractivity contribution in [3.63, 3.8) is 0 Å². The molecular formula is C31H55ClN6O4. The number of piperidine rings is 2. The van der Waals surface area contributed by atoms with Crippen LogP contribution in [0.3, 0.4) is 0 Å². The van der Waals surface area contributed by atoms with Crippen molar-refractivity contribution in [1.29, 1.82) is 5.26 Å². The van der Waals surface area contributed by atoms with Crippen LogP contribution in [-0.2, 0) is 19.0 Å². The van der Waals surface area contributed by atoms with Crippen molar-refractivity contribution < 1.29 is 19.0 Å². The quantitative estimate of drug-likeness (QED) is 0.232. The van der Waals surface area contributed by atoms with Gasteiger partial charge in [-0.2, -0.15) is 5.26 Å². The molecule has 2 heterocycles. The van der Waals surface area contributed by atoms with Crippen LogP contribution in [0.5, 0.6) is 0 Å². The van der Waals surface area contributed by atoms with Gasteiger partial charge in [-0.05, 0) is 84.8 Å². The number of nitrogens with one attached hydrogen (secondary N) is 4. The molecule has 1 amide bonds.